The lowest BCUT2D eigenvalue weighted by atomic mass is 9.37. The smallest absolute Gasteiger partial charge is 0.254 e. The van der Waals surface area contributed by atoms with Crippen LogP contribution in [-0.2, 0) is 27.8 Å². The Balaban J connectivity index is 0.880. The number of allylic oxidation sites excluding steroid dienone is 2. The average molecular weight is 1150 g/mol. The number of phenols is 1. The van der Waals surface area contributed by atoms with Crippen LogP contribution in [0.1, 0.15) is 128 Å². The van der Waals surface area contributed by atoms with Crippen LogP contribution < -0.4 is 39.6 Å². The number of imide groups is 1. The van der Waals surface area contributed by atoms with Crippen molar-refractivity contribution in [1.29, 1.82) is 0 Å². The third-order valence-corrected chi connectivity index (χ3v) is 21.8. The summed E-state index contributed by atoms with van der Waals surface area (Å²) in [5.41, 5.74) is 6.89. The quantitative estimate of drug-likeness (QED) is 0.0181. The van der Waals surface area contributed by atoms with Crippen molar-refractivity contribution < 1.29 is 63.9 Å². The van der Waals surface area contributed by atoms with Crippen molar-refractivity contribution in [2.75, 3.05) is 78.9 Å². The van der Waals surface area contributed by atoms with Crippen molar-refractivity contribution in [1.82, 2.24) is 15.5 Å². The number of aliphatic hydroxyl groups is 5. The largest absolute Gasteiger partial charge is 0.502 e. The number of fused-ring (bicyclic) bond motifs is 9. The number of aromatic hydroxyl groups is 1. The van der Waals surface area contributed by atoms with Crippen LogP contribution in [0.2, 0.25) is 0 Å². The molecule has 2 amide bonds. The van der Waals surface area contributed by atoms with E-state index in [1.807, 2.05) is 26.1 Å². The van der Waals surface area contributed by atoms with Crippen molar-refractivity contribution in [2.45, 2.75) is 113 Å². The average Bonchev–Trinajstić information content (AvgIpc) is 1.02. The number of rotatable bonds is 20. The number of carbonyl (C=O) groups excluding carboxylic acids is 2. The number of hydrogen-bond acceptors (Lipinski definition) is 16. The Labute approximate surface area is 491 Å². The first-order chi connectivity index (χ1) is 40.9. The topological polar surface area (TPSA) is 241 Å². The molecule has 0 aromatic heterocycles. The lowest BCUT2D eigenvalue weighted by Crippen LogP contribution is -2.67. The fourth-order valence-corrected chi connectivity index (χ4v) is 18.3. The zero-order chi connectivity index (χ0) is 58.2. The van der Waals surface area contributed by atoms with Crippen molar-refractivity contribution in [3.05, 3.63) is 112 Å². The summed E-state index contributed by atoms with van der Waals surface area (Å²) in [7, 11) is 3.35. The Kier molecular flexibility index (Phi) is 15.5. The van der Waals surface area contributed by atoms with Crippen molar-refractivity contribution in [3.8, 4) is 45.6 Å². The second-order valence-electron chi connectivity index (χ2n) is 25.3. The number of amides is 2. The number of carbonyl (C=O) groups is 2. The highest BCUT2D eigenvalue weighted by molar-refractivity contribution is 6.13. The molecular weight excluding hydrogens is 1070 g/mol. The molecule has 3 heterocycles. The van der Waals surface area contributed by atoms with Gasteiger partial charge < -0.3 is 65.0 Å². The van der Waals surface area contributed by atoms with E-state index in [4.69, 9.17) is 23.7 Å². The van der Waals surface area contributed by atoms with Gasteiger partial charge in [-0.2, -0.15) is 0 Å². The molecule has 0 radical (unpaired) electrons. The highest BCUT2D eigenvalue weighted by Crippen LogP contribution is 2.71. The summed E-state index contributed by atoms with van der Waals surface area (Å²) in [5.74, 6) is -0.0419. The molecule has 4 aromatic rings. The van der Waals surface area contributed by atoms with Gasteiger partial charge in [-0.05, 0) is 147 Å². The monoisotopic (exact) mass is 1150 g/mol. The first-order valence-electron chi connectivity index (χ1n) is 30.9. The summed E-state index contributed by atoms with van der Waals surface area (Å²) in [5, 5.41) is 80.6. The van der Waals surface area contributed by atoms with Gasteiger partial charge in [-0.15, -0.1) is 0 Å². The van der Waals surface area contributed by atoms with Gasteiger partial charge in [-0.25, -0.2) is 0 Å². The molecule has 84 heavy (non-hydrogen) atoms. The molecular formula is C67H82N4O13. The van der Waals surface area contributed by atoms with Crippen LogP contribution in [0.15, 0.2) is 72.8 Å². The molecule has 13 unspecified atom stereocenters. The van der Waals surface area contributed by atoms with Crippen LogP contribution in [0.3, 0.4) is 0 Å². The van der Waals surface area contributed by atoms with Gasteiger partial charge in [-0.1, -0.05) is 62.6 Å². The first-order valence-corrected chi connectivity index (χ1v) is 30.9. The summed E-state index contributed by atoms with van der Waals surface area (Å²) < 4.78 is 32.2. The van der Waals surface area contributed by atoms with Gasteiger partial charge in [-0.3, -0.25) is 19.8 Å². The molecule has 448 valence electrons. The molecule has 0 spiro atoms. The molecule has 13 atom stereocenters. The summed E-state index contributed by atoms with van der Waals surface area (Å²) in [6, 6.07) is 15.8. The van der Waals surface area contributed by atoms with Crippen LogP contribution >= 0.6 is 0 Å². The van der Waals surface area contributed by atoms with Crippen molar-refractivity contribution in [3.63, 3.8) is 0 Å². The molecule has 9 aliphatic rings. The Morgan fingerprint density at radius 3 is 2.40 bits per heavy atom. The zero-order valence-corrected chi connectivity index (χ0v) is 48.5. The zero-order valence-electron chi connectivity index (χ0n) is 48.5. The minimum absolute atomic E-state index is 0.000749. The summed E-state index contributed by atoms with van der Waals surface area (Å²) >= 11 is 0. The standard InChI is InChI=1S/C67H82N4O13/c1-4-69-35-84-53-29-51(81-23-21-68-2)42-14-15-43-59-50(70-65(79)62(53)61(42)59)28-52-60(43)63(77)47(34-83-52)37-24-54(80-3)64(78)55(25-37)82-33-39(31-73)67-30-38(66(19-8-5-9-20-66)71-56(75)16-17-57(71)76)26-45-49(67)27-44(40-10-6-7-11-48(40)67)41-13-12-36(18-22-72)46(32-74)58(41)45/h6-7,10-13,16-17,24-25,28-29,36,38-39,41,44-47,49,58,63,65,68-70,72-74,77-79H,4-5,8-9,14-15,18-23,26-27,30-35H2,1-3H3. The predicted molar refractivity (Wildman–Crippen MR) is 314 cm³/mol. The maximum Gasteiger partial charge on any atom is 0.254 e. The number of methoxy groups -OCH3 is 1. The number of likely N-dealkylation sites (N-methyl/N-ethyl adjacent to an activating group) is 1. The lowest BCUT2D eigenvalue weighted by molar-refractivity contribution is -0.160. The van der Waals surface area contributed by atoms with Gasteiger partial charge in [0, 0.05) is 89.2 Å². The number of nitrogens with one attached hydrogen (secondary N) is 3. The van der Waals surface area contributed by atoms with Crippen molar-refractivity contribution in [2.24, 2.45) is 47.3 Å². The van der Waals surface area contributed by atoms with Gasteiger partial charge in [0.25, 0.3) is 11.8 Å². The summed E-state index contributed by atoms with van der Waals surface area (Å²) in [6.07, 6.45) is 13.2. The van der Waals surface area contributed by atoms with E-state index in [1.54, 1.807) is 17.0 Å². The van der Waals surface area contributed by atoms with Crippen molar-refractivity contribution >= 4 is 17.5 Å². The lowest BCUT2D eigenvalue weighted by Gasteiger charge is -2.68. The Morgan fingerprint density at radius 1 is 0.869 bits per heavy atom. The van der Waals surface area contributed by atoms with E-state index in [-0.39, 0.29) is 116 Å². The Bertz CT molecular complexity index is 3230. The summed E-state index contributed by atoms with van der Waals surface area (Å²) in [4.78, 5) is 29.8. The predicted octanol–water partition coefficient (Wildman–Crippen LogP) is 7.44. The summed E-state index contributed by atoms with van der Waals surface area (Å²) in [6.45, 7) is 3.72. The minimum atomic E-state index is -1.09. The first kappa shape index (κ1) is 56.9. The molecule has 4 aromatic carbocycles. The van der Waals surface area contributed by atoms with E-state index in [1.165, 1.54) is 24.8 Å². The number of ether oxygens (including phenoxy) is 5. The Hall–Kier alpha value is -6.18. The van der Waals surface area contributed by atoms with Gasteiger partial charge in [0.15, 0.2) is 17.7 Å². The number of nitrogens with zero attached hydrogens (tertiary/aromatic N) is 1. The van der Waals surface area contributed by atoms with Crippen LogP contribution in [0.25, 0.3) is 11.1 Å². The fourth-order valence-electron chi connectivity index (χ4n) is 18.3. The highest BCUT2D eigenvalue weighted by Gasteiger charge is 2.67. The van der Waals surface area contributed by atoms with E-state index < -0.39 is 35.1 Å². The minimum Gasteiger partial charge on any atom is -0.502 e. The molecule has 3 saturated carbocycles. The van der Waals surface area contributed by atoms with Crippen LogP contribution in [0.4, 0.5) is 5.69 Å². The van der Waals surface area contributed by atoms with E-state index in [0.717, 1.165) is 59.9 Å². The van der Waals surface area contributed by atoms with E-state index in [2.05, 4.69) is 52.4 Å². The van der Waals surface area contributed by atoms with Gasteiger partial charge in [0.2, 0.25) is 5.75 Å². The maximum atomic E-state index is 14.1. The van der Waals surface area contributed by atoms with Crippen LogP contribution in [-0.4, -0.2) is 127 Å². The third-order valence-electron chi connectivity index (χ3n) is 21.8. The molecule has 6 aliphatic carbocycles. The normalized spacial score (nSPS) is 30.3. The van der Waals surface area contributed by atoms with Crippen LogP contribution in [0.5, 0.6) is 34.5 Å². The maximum absolute atomic E-state index is 14.1. The molecule has 17 nitrogen and oxygen atoms in total. The molecule has 3 aliphatic heterocycles. The molecule has 17 heteroatoms. The van der Waals surface area contributed by atoms with E-state index in [0.29, 0.717) is 97.8 Å². The molecule has 3 fully saturated rings. The second kappa shape index (κ2) is 22.9. The number of benzene rings is 4. The molecule has 0 saturated heterocycles. The van der Waals surface area contributed by atoms with E-state index in [9.17, 15) is 40.2 Å². The molecule has 9 N–H and O–H groups in total. The van der Waals surface area contributed by atoms with Crippen LogP contribution in [0, 0.1) is 47.3 Å². The SMILES string of the molecule is CCNCOc1cc(OCCNC)c2c3c1C(O)Nc1cc4c(c(c1-3)CC2)C(O)C(c1cc(OC)c(O)c(OCC(CO)C23CC(C5(N6C(=O)C=CC6=O)CCCCC5)CC5C6C(C=CC(CCO)C6CO)C(CC52)c2ccccc23)c1)CO4. The molecule has 13 rings (SSSR count). The fraction of sp³-hybridized carbons (Fsp3) is 0.552. The van der Waals surface area contributed by atoms with Gasteiger partial charge in [0.05, 0.1) is 44.1 Å². The molecule has 2 bridgehead atoms. The van der Waals surface area contributed by atoms with Gasteiger partial charge in [0.1, 0.15) is 30.6 Å². The number of hydrogen-bond donors (Lipinski definition) is 9. The number of aliphatic hydroxyl groups excluding tert-OH is 5. The Morgan fingerprint density at radius 2 is 1.65 bits per heavy atom. The highest BCUT2D eigenvalue weighted by atomic mass is 16.5. The number of phenolic OH excluding ortho intramolecular Hbond substituents is 1. The second-order valence-corrected chi connectivity index (χ2v) is 25.3. The third kappa shape index (κ3) is 8.95. The van der Waals surface area contributed by atoms with Gasteiger partial charge >= 0.3 is 0 Å². The number of anilines is 1. The van der Waals surface area contributed by atoms with E-state index >= 15 is 0 Å².